The van der Waals surface area contributed by atoms with Gasteiger partial charge in [-0.05, 0) is 24.8 Å². The van der Waals surface area contributed by atoms with Crippen LogP contribution < -0.4 is 11.1 Å². The molecule has 0 aliphatic heterocycles. The number of carbonyl (C=O) groups is 1. The van der Waals surface area contributed by atoms with E-state index in [1.807, 2.05) is 0 Å². The summed E-state index contributed by atoms with van der Waals surface area (Å²) in [5.74, 6) is 0.0896. The summed E-state index contributed by atoms with van der Waals surface area (Å²) in [6, 6.07) is 6.24. The summed E-state index contributed by atoms with van der Waals surface area (Å²) in [4.78, 5) is 11.9. The third-order valence-electron chi connectivity index (χ3n) is 3.19. The number of hydrogen-bond donors (Lipinski definition) is 4. The number of amides is 1. The van der Waals surface area contributed by atoms with Crippen LogP contribution in [0.15, 0.2) is 29.4 Å². The number of carbonyl (C=O) groups excluding carboxylic acids is 1. The Morgan fingerprint density at radius 3 is 2.74 bits per heavy atom. The Morgan fingerprint density at radius 1 is 1.47 bits per heavy atom. The first-order valence-corrected chi connectivity index (χ1v) is 6.15. The molecule has 1 atom stereocenters. The third-order valence-corrected chi connectivity index (χ3v) is 3.19. The Balaban J connectivity index is 1.98. The van der Waals surface area contributed by atoms with Gasteiger partial charge in [0.25, 0.3) is 0 Å². The molecular weight excluding hydrogens is 246 g/mol. The SMILES string of the molecule is N/C(=N/O)C(NC(=O)Cc1ccccc1O)C1CC1. The van der Waals surface area contributed by atoms with Gasteiger partial charge in [-0.2, -0.15) is 0 Å². The Hall–Kier alpha value is -2.24. The van der Waals surface area contributed by atoms with Crippen molar-refractivity contribution >= 4 is 11.7 Å². The Bertz CT molecular complexity index is 498. The van der Waals surface area contributed by atoms with E-state index < -0.39 is 6.04 Å². The van der Waals surface area contributed by atoms with Crippen molar-refractivity contribution in [1.29, 1.82) is 0 Å². The minimum atomic E-state index is -0.427. The lowest BCUT2D eigenvalue weighted by Gasteiger charge is -2.16. The van der Waals surface area contributed by atoms with Crippen LogP contribution in [0.25, 0.3) is 0 Å². The van der Waals surface area contributed by atoms with Crippen LogP contribution in [-0.4, -0.2) is 28.1 Å². The largest absolute Gasteiger partial charge is 0.508 e. The predicted molar refractivity (Wildman–Crippen MR) is 69.9 cm³/mol. The smallest absolute Gasteiger partial charge is 0.225 e. The summed E-state index contributed by atoms with van der Waals surface area (Å²) >= 11 is 0. The maximum absolute atomic E-state index is 11.9. The van der Waals surface area contributed by atoms with Crippen molar-refractivity contribution in [3.63, 3.8) is 0 Å². The number of benzene rings is 1. The Kier molecular flexibility index (Phi) is 3.89. The third kappa shape index (κ3) is 3.37. The number of oxime groups is 1. The van der Waals surface area contributed by atoms with E-state index in [-0.39, 0.29) is 29.8 Å². The van der Waals surface area contributed by atoms with Crippen molar-refractivity contribution in [2.45, 2.75) is 25.3 Å². The normalized spacial score (nSPS) is 16.9. The van der Waals surface area contributed by atoms with E-state index in [1.165, 1.54) is 6.07 Å². The number of nitrogens with one attached hydrogen (secondary N) is 1. The second kappa shape index (κ2) is 5.60. The Labute approximate surface area is 110 Å². The van der Waals surface area contributed by atoms with E-state index in [9.17, 15) is 9.90 Å². The monoisotopic (exact) mass is 263 g/mol. The van der Waals surface area contributed by atoms with Gasteiger partial charge in [0.15, 0.2) is 5.84 Å². The molecule has 6 heteroatoms. The van der Waals surface area contributed by atoms with Crippen LogP contribution >= 0.6 is 0 Å². The fraction of sp³-hybridized carbons (Fsp3) is 0.385. The van der Waals surface area contributed by atoms with Crippen LogP contribution in [0.5, 0.6) is 5.75 Å². The zero-order valence-corrected chi connectivity index (χ0v) is 10.4. The minimum absolute atomic E-state index is 0.0214. The van der Waals surface area contributed by atoms with E-state index in [4.69, 9.17) is 10.9 Å². The lowest BCUT2D eigenvalue weighted by molar-refractivity contribution is -0.120. The summed E-state index contributed by atoms with van der Waals surface area (Å²) in [6.45, 7) is 0. The quantitative estimate of drug-likeness (QED) is 0.269. The molecule has 102 valence electrons. The molecule has 1 aromatic carbocycles. The summed E-state index contributed by atoms with van der Waals surface area (Å²) in [6.07, 6.45) is 1.98. The molecule has 1 aromatic rings. The second-order valence-corrected chi connectivity index (χ2v) is 4.71. The summed E-state index contributed by atoms with van der Waals surface area (Å²) in [7, 11) is 0. The maximum atomic E-state index is 11.9. The van der Waals surface area contributed by atoms with Crippen molar-refractivity contribution in [2.24, 2.45) is 16.8 Å². The van der Waals surface area contributed by atoms with Crippen molar-refractivity contribution in [3.8, 4) is 5.75 Å². The van der Waals surface area contributed by atoms with Gasteiger partial charge >= 0.3 is 0 Å². The number of phenolic OH excluding ortho intramolecular Hbond substituents is 1. The molecule has 0 radical (unpaired) electrons. The average Bonchev–Trinajstić information content (AvgIpc) is 3.22. The van der Waals surface area contributed by atoms with E-state index >= 15 is 0 Å². The first kappa shape index (κ1) is 13.2. The van der Waals surface area contributed by atoms with Gasteiger partial charge in [-0.1, -0.05) is 23.4 Å². The molecule has 1 saturated carbocycles. The van der Waals surface area contributed by atoms with Gasteiger partial charge in [0.1, 0.15) is 5.75 Å². The molecule has 1 aliphatic rings. The highest BCUT2D eigenvalue weighted by Gasteiger charge is 2.35. The average molecular weight is 263 g/mol. The first-order chi connectivity index (χ1) is 9.11. The number of phenols is 1. The summed E-state index contributed by atoms with van der Waals surface area (Å²) in [5, 5.41) is 24.0. The van der Waals surface area contributed by atoms with Crippen molar-refractivity contribution in [2.75, 3.05) is 0 Å². The van der Waals surface area contributed by atoms with Gasteiger partial charge in [0.05, 0.1) is 12.5 Å². The highest BCUT2D eigenvalue weighted by molar-refractivity contribution is 5.91. The van der Waals surface area contributed by atoms with Crippen molar-refractivity contribution < 1.29 is 15.1 Å². The number of aromatic hydroxyl groups is 1. The molecule has 5 N–H and O–H groups in total. The molecule has 1 aliphatic carbocycles. The zero-order valence-electron chi connectivity index (χ0n) is 10.4. The number of para-hydroxylation sites is 1. The summed E-state index contributed by atoms with van der Waals surface area (Å²) < 4.78 is 0. The van der Waals surface area contributed by atoms with Crippen molar-refractivity contribution in [1.82, 2.24) is 5.32 Å². The molecule has 0 saturated heterocycles. The van der Waals surface area contributed by atoms with E-state index in [1.54, 1.807) is 18.2 Å². The molecule has 19 heavy (non-hydrogen) atoms. The van der Waals surface area contributed by atoms with Gasteiger partial charge in [0, 0.05) is 5.56 Å². The van der Waals surface area contributed by atoms with Crippen LogP contribution in [0, 0.1) is 5.92 Å². The van der Waals surface area contributed by atoms with Crippen molar-refractivity contribution in [3.05, 3.63) is 29.8 Å². The standard InChI is InChI=1S/C13H17N3O3/c14-13(16-19)12(8-5-6-8)15-11(18)7-9-3-1-2-4-10(9)17/h1-4,8,12,17,19H,5-7H2,(H2,14,16)(H,15,18). The maximum Gasteiger partial charge on any atom is 0.225 e. The number of hydrogen-bond acceptors (Lipinski definition) is 4. The van der Waals surface area contributed by atoms with Crippen LogP contribution in [-0.2, 0) is 11.2 Å². The number of nitrogens with zero attached hydrogens (tertiary/aromatic N) is 1. The van der Waals surface area contributed by atoms with Gasteiger partial charge in [-0.25, -0.2) is 0 Å². The number of amidine groups is 1. The highest BCUT2D eigenvalue weighted by atomic mass is 16.4. The molecule has 6 nitrogen and oxygen atoms in total. The summed E-state index contributed by atoms with van der Waals surface area (Å²) in [5.41, 5.74) is 6.12. The molecule has 0 spiro atoms. The highest BCUT2D eigenvalue weighted by Crippen LogP contribution is 2.32. The van der Waals surface area contributed by atoms with Crippen LogP contribution in [0.3, 0.4) is 0 Å². The van der Waals surface area contributed by atoms with E-state index in [0.29, 0.717) is 5.56 Å². The van der Waals surface area contributed by atoms with Gasteiger partial charge in [0.2, 0.25) is 5.91 Å². The molecule has 1 fully saturated rings. The number of rotatable bonds is 5. The fourth-order valence-corrected chi connectivity index (χ4v) is 1.98. The van der Waals surface area contributed by atoms with Gasteiger partial charge in [-0.3, -0.25) is 4.79 Å². The van der Waals surface area contributed by atoms with E-state index in [2.05, 4.69) is 10.5 Å². The minimum Gasteiger partial charge on any atom is -0.508 e. The molecule has 0 heterocycles. The zero-order chi connectivity index (χ0) is 13.8. The Morgan fingerprint density at radius 2 is 2.16 bits per heavy atom. The van der Waals surface area contributed by atoms with Crippen LogP contribution in [0.4, 0.5) is 0 Å². The first-order valence-electron chi connectivity index (χ1n) is 6.15. The van der Waals surface area contributed by atoms with E-state index in [0.717, 1.165) is 12.8 Å². The van der Waals surface area contributed by atoms with Gasteiger partial charge in [-0.15, -0.1) is 0 Å². The molecule has 0 aromatic heterocycles. The second-order valence-electron chi connectivity index (χ2n) is 4.71. The van der Waals surface area contributed by atoms with Crippen LogP contribution in [0.2, 0.25) is 0 Å². The fourth-order valence-electron chi connectivity index (χ4n) is 1.98. The lowest BCUT2D eigenvalue weighted by atomic mass is 10.1. The molecule has 1 unspecified atom stereocenters. The topological polar surface area (TPSA) is 108 Å². The molecular formula is C13H17N3O3. The molecule has 0 bridgehead atoms. The lowest BCUT2D eigenvalue weighted by Crippen LogP contribution is -2.46. The molecule has 2 rings (SSSR count). The van der Waals surface area contributed by atoms with Crippen LogP contribution in [0.1, 0.15) is 18.4 Å². The molecule has 1 amide bonds. The predicted octanol–water partition coefficient (Wildman–Crippen LogP) is 0.576. The number of nitrogens with two attached hydrogens (primary N) is 1. The van der Waals surface area contributed by atoms with Gasteiger partial charge < -0.3 is 21.4 Å².